The zero-order chi connectivity index (χ0) is 17.3. The topological polar surface area (TPSA) is 49.6 Å². The normalized spacial score (nSPS) is 16.4. The second-order valence-electron chi connectivity index (χ2n) is 6.64. The molecular weight excluding hydrogens is 344 g/mol. The minimum absolute atomic E-state index is 0.897. The third-order valence-electron chi connectivity index (χ3n) is 4.89. The first-order chi connectivity index (χ1) is 12.9. The third-order valence-corrected chi connectivity index (χ3v) is 5.99. The molecule has 1 aromatic carbocycles. The number of rotatable bonds is 3. The summed E-state index contributed by atoms with van der Waals surface area (Å²) in [6.07, 6.45) is 6.86. The second-order valence-corrected chi connectivity index (χ2v) is 7.65. The predicted molar refractivity (Wildman–Crippen MR) is 105 cm³/mol. The number of thiazole rings is 1. The SMILES string of the molecule is c1ccc2sc(N3CCCN(Cc4cnn5cccnc45)CC3)nc2c1. The van der Waals surface area contributed by atoms with Crippen LogP contribution in [0, 0.1) is 0 Å². The van der Waals surface area contributed by atoms with Gasteiger partial charge < -0.3 is 4.90 Å². The van der Waals surface area contributed by atoms with E-state index in [4.69, 9.17) is 4.98 Å². The molecule has 0 spiro atoms. The monoisotopic (exact) mass is 364 g/mol. The van der Waals surface area contributed by atoms with E-state index in [1.165, 1.54) is 10.3 Å². The smallest absolute Gasteiger partial charge is 0.186 e. The quantitative estimate of drug-likeness (QED) is 0.559. The Morgan fingerprint density at radius 2 is 2.00 bits per heavy atom. The summed E-state index contributed by atoms with van der Waals surface area (Å²) in [7, 11) is 0. The van der Waals surface area contributed by atoms with E-state index in [9.17, 15) is 0 Å². The number of nitrogens with zero attached hydrogens (tertiary/aromatic N) is 6. The summed E-state index contributed by atoms with van der Waals surface area (Å²) in [4.78, 5) is 14.2. The summed E-state index contributed by atoms with van der Waals surface area (Å²) in [6.45, 7) is 5.08. The van der Waals surface area contributed by atoms with E-state index in [1.54, 1.807) is 11.3 Å². The van der Waals surface area contributed by atoms with E-state index in [1.807, 2.05) is 29.2 Å². The van der Waals surface area contributed by atoms with Crippen molar-refractivity contribution in [2.24, 2.45) is 0 Å². The van der Waals surface area contributed by atoms with Gasteiger partial charge >= 0.3 is 0 Å². The van der Waals surface area contributed by atoms with E-state index in [0.717, 1.165) is 55.4 Å². The van der Waals surface area contributed by atoms with Crippen LogP contribution in [0.3, 0.4) is 0 Å². The van der Waals surface area contributed by atoms with Crippen molar-refractivity contribution in [3.05, 3.63) is 54.5 Å². The zero-order valence-corrected chi connectivity index (χ0v) is 15.3. The molecule has 0 unspecified atom stereocenters. The first kappa shape index (κ1) is 15.7. The van der Waals surface area contributed by atoms with E-state index < -0.39 is 0 Å². The van der Waals surface area contributed by atoms with Crippen LogP contribution in [0.15, 0.2) is 48.9 Å². The van der Waals surface area contributed by atoms with Gasteiger partial charge in [-0.25, -0.2) is 14.5 Å². The van der Waals surface area contributed by atoms with Crippen molar-refractivity contribution in [1.29, 1.82) is 0 Å². The fourth-order valence-corrected chi connectivity index (χ4v) is 4.56. The molecule has 6 nitrogen and oxygen atoms in total. The lowest BCUT2D eigenvalue weighted by molar-refractivity contribution is 0.286. The van der Waals surface area contributed by atoms with E-state index in [0.29, 0.717) is 0 Å². The van der Waals surface area contributed by atoms with Gasteiger partial charge in [-0.1, -0.05) is 23.5 Å². The van der Waals surface area contributed by atoms with Crippen molar-refractivity contribution < 1.29 is 0 Å². The van der Waals surface area contributed by atoms with Gasteiger partial charge in [0.05, 0.1) is 16.4 Å². The van der Waals surface area contributed by atoms with E-state index >= 15 is 0 Å². The van der Waals surface area contributed by atoms with E-state index in [-0.39, 0.29) is 0 Å². The van der Waals surface area contributed by atoms with Crippen LogP contribution in [0.25, 0.3) is 15.9 Å². The Kier molecular flexibility index (Phi) is 4.03. The van der Waals surface area contributed by atoms with Crippen LogP contribution in [-0.4, -0.2) is 50.7 Å². The number of anilines is 1. The van der Waals surface area contributed by atoms with Crippen molar-refractivity contribution in [3.63, 3.8) is 0 Å². The maximum atomic E-state index is 4.82. The Balaban J connectivity index is 1.31. The minimum atomic E-state index is 0.897. The Bertz CT molecular complexity index is 1010. The van der Waals surface area contributed by atoms with Crippen molar-refractivity contribution in [2.75, 3.05) is 31.1 Å². The van der Waals surface area contributed by atoms with Crippen LogP contribution in [0.1, 0.15) is 12.0 Å². The fraction of sp³-hybridized carbons (Fsp3) is 0.316. The van der Waals surface area contributed by atoms with Gasteiger partial charge in [0, 0.05) is 50.7 Å². The lowest BCUT2D eigenvalue weighted by atomic mass is 10.3. The maximum absolute atomic E-state index is 4.82. The van der Waals surface area contributed by atoms with Crippen LogP contribution >= 0.6 is 11.3 Å². The van der Waals surface area contributed by atoms with Crippen LogP contribution in [0.5, 0.6) is 0 Å². The number of hydrogen-bond acceptors (Lipinski definition) is 6. The Morgan fingerprint density at radius 3 is 2.96 bits per heavy atom. The number of hydrogen-bond donors (Lipinski definition) is 0. The molecule has 0 amide bonds. The highest BCUT2D eigenvalue weighted by atomic mass is 32.1. The zero-order valence-electron chi connectivity index (χ0n) is 14.5. The summed E-state index contributed by atoms with van der Waals surface area (Å²) >= 11 is 1.79. The summed E-state index contributed by atoms with van der Waals surface area (Å²) in [5, 5.41) is 5.55. The minimum Gasteiger partial charge on any atom is -0.347 e. The highest BCUT2D eigenvalue weighted by Crippen LogP contribution is 2.29. The highest BCUT2D eigenvalue weighted by Gasteiger charge is 2.19. The van der Waals surface area contributed by atoms with Gasteiger partial charge in [-0.3, -0.25) is 4.90 Å². The Hall–Kier alpha value is -2.51. The molecule has 1 fully saturated rings. The molecule has 4 heterocycles. The fourth-order valence-electron chi connectivity index (χ4n) is 3.54. The molecule has 26 heavy (non-hydrogen) atoms. The average molecular weight is 364 g/mol. The summed E-state index contributed by atoms with van der Waals surface area (Å²) in [5.74, 6) is 0. The Labute approximate surface area is 155 Å². The number of para-hydroxylation sites is 1. The van der Waals surface area contributed by atoms with Crippen LogP contribution in [0.4, 0.5) is 5.13 Å². The molecule has 5 rings (SSSR count). The van der Waals surface area contributed by atoms with Crippen LogP contribution in [-0.2, 0) is 6.54 Å². The molecule has 0 saturated carbocycles. The molecule has 0 bridgehead atoms. The molecule has 4 aromatic rings. The molecule has 0 aliphatic carbocycles. The van der Waals surface area contributed by atoms with Gasteiger partial charge in [0.2, 0.25) is 0 Å². The first-order valence-electron chi connectivity index (χ1n) is 8.97. The largest absolute Gasteiger partial charge is 0.347 e. The molecule has 0 N–H and O–H groups in total. The predicted octanol–water partition coefficient (Wildman–Crippen LogP) is 3.05. The van der Waals surface area contributed by atoms with Crippen LogP contribution < -0.4 is 4.90 Å². The lowest BCUT2D eigenvalue weighted by Gasteiger charge is -2.21. The number of fused-ring (bicyclic) bond motifs is 2. The molecule has 0 radical (unpaired) electrons. The summed E-state index contributed by atoms with van der Waals surface area (Å²) < 4.78 is 3.11. The van der Waals surface area contributed by atoms with Gasteiger partial charge in [-0.15, -0.1) is 0 Å². The van der Waals surface area contributed by atoms with Gasteiger partial charge in [0.15, 0.2) is 10.8 Å². The van der Waals surface area contributed by atoms with Gasteiger partial charge in [-0.05, 0) is 24.6 Å². The standard InChI is InChI=1S/C19H20N6S/c1-2-6-17-16(5-1)22-19(26-17)24-9-4-8-23(11-12-24)14-15-13-21-25-10-3-7-20-18(15)25/h1-3,5-7,10,13H,4,8-9,11-12,14H2. The van der Waals surface area contributed by atoms with Gasteiger partial charge in [0.1, 0.15) is 0 Å². The molecule has 3 aromatic heterocycles. The maximum Gasteiger partial charge on any atom is 0.186 e. The van der Waals surface area contributed by atoms with Crippen molar-refractivity contribution in [1.82, 2.24) is 24.5 Å². The van der Waals surface area contributed by atoms with E-state index in [2.05, 4.69) is 44.1 Å². The third kappa shape index (κ3) is 2.93. The Morgan fingerprint density at radius 1 is 1.04 bits per heavy atom. The molecule has 1 aliphatic rings. The van der Waals surface area contributed by atoms with Gasteiger partial charge in [-0.2, -0.15) is 5.10 Å². The second kappa shape index (κ2) is 6.66. The molecule has 7 heteroatoms. The molecule has 132 valence electrons. The van der Waals surface area contributed by atoms with Crippen molar-refractivity contribution in [2.45, 2.75) is 13.0 Å². The molecular formula is C19H20N6S. The van der Waals surface area contributed by atoms with Crippen molar-refractivity contribution >= 4 is 32.3 Å². The molecule has 1 aliphatic heterocycles. The first-order valence-corrected chi connectivity index (χ1v) is 9.78. The average Bonchev–Trinajstić information content (AvgIpc) is 3.21. The number of aromatic nitrogens is 4. The van der Waals surface area contributed by atoms with Crippen LogP contribution in [0.2, 0.25) is 0 Å². The highest BCUT2D eigenvalue weighted by molar-refractivity contribution is 7.22. The molecule has 1 saturated heterocycles. The molecule has 0 atom stereocenters. The number of benzene rings is 1. The van der Waals surface area contributed by atoms with Gasteiger partial charge in [0.25, 0.3) is 0 Å². The lowest BCUT2D eigenvalue weighted by Crippen LogP contribution is -2.30. The summed E-state index contributed by atoms with van der Waals surface area (Å²) in [5.41, 5.74) is 3.25. The summed E-state index contributed by atoms with van der Waals surface area (Å²) in [6, 6.07) is 10.3. The van der Waals surface area contributed by atoms with Crippen molar-refractivity contribution in [3.8, 4) is 0 Å².